The highest BCUT2D eigenvalue weighted by Gasteiger charge is 2.03. The molecule has 140 valence electrons. The molecule has 0 radical (unpaired) electrons. The summed E-state index contributed by atoms with van der Waals surface area (Å²) in [5, 5.41) is 7.84. The van der Waals surface area contributed by atoms with Gasteiger partial charge in [0.2, 0.25) is 11.8 Å². The van der Waals surface area contributed by atoms with Crippen molar-refractivity contribution < 1.29 is 9.59 Å². The predicted molar refractivity (Wildman–Crippen MR) is 108 cm³/mol. The Morgan fingerprint density at radius 3 is 1.67 bits per heavy atom. The summed E-state index contributed by atoms with van der Waals surface area (Å²) in [5.41, 5.74) is 9.01. The summed E-state index contributed by atoms with van der Waals surface area (Å²) in [4.78, 5) is 23.5. The fourth-order valence-electron chi connectivity index (χ4n) is 2.38. The lowest BCUT2D eigenvalue weighted by atomic mass is 10.2. The first-order chi connectivity index (χ1) is 13.0. The van der Waals surface area contributed by atoms with Crippen LogP contribution in [-0.2, 0) is 9.59 Å². The third-order valence-corrected chi connectivity index (χ3v) is 3.70. The minimum Gasteiger partial charge on any atom is -0.273 e. The van der Waals surface area contributed by atoms with Gasteiger partial charge in [-0.05, 0) is 31.4 Å². The summed E-state index contributed by atoms with van der Waals surface area (Å²) in [5.74, 6) is -0.454. The molecule has 0 heterocycles. The maximum absolute atomic E-state index is 11.7. The second-order valence-electron chi connectivity index (χ2n) is 6.27. The third-order valence-electron chi connectivity index (χ3n) is 3.70. The van der Waals surface area contributed by atoms with E-state index in [1.165, 1.54) is 0 Å². The number of carbonyl (C=O) groups excluding carboxylic acids is 2. The average molecular weight is 364 g/mol. The van der Waals surface area contributed by atoms with E-state index in [0.717, 1.165) is 22.3 Å². The van der Waals surface area contributed by atoms with Gasteiger partial charge >= 0.3 is 0 Å². The van der Waals surface area contributed by atoms with Crippen LogP contribution in [-0.4, -0.2) is 24.2 Å². The van der Waals surface area contributed by atoms with Gasteiger partial charge in [0.1, 0.15) is 0 Å². The lowest BCUT2D eigenvalue weighted by molar-refractivity contribution is -0.122. The number of aryl methyl sites for hydroxylation is 2. The van der Waals surface area contributed by atoms with E-state index in [1.54, 1.807) is 12.4 Å². The summed E-state index contributed by atoms with van der Waals surface area (Å²) in [6.45, 7) is 3.98. The molecule has 0 unspecified atom stereocenters. The monoisotopic (exact) mass is 364 g/mol. The average Bonchev–Trinajstić information content (AvgIpc) is 2.62. The van der Waals surface area contributed by atoms with Crippen molar-refractivity contribution in [3.63, 3.8) is 0 Å². The van der Waals surface area contributed by atoms with Gasteiger partial charge in [0.05, 0.1) is 12.4 Å². The van der Waals surface area contributed by atoms with Crippen LogP contribution in [0.4, 0.5) is 0 Å². The topological polar surface area (TPSA) is 82.9 Å². The van der Waals surface area contributed by atoms with Crippen LogP contribution in [0, 0.1) is 13.8 Å². The van der Waals surface area contributed by atoms with E-state index in [4.69, 9.17) is 0 Å². The van der Waals surface area contributed by atoms with Crippen molar-refractivity contribution >= 4 is 24.2 Å². The number of amides is 2. The van der Waals surface area contributed by atoms with Crippen LogP contribution in [0.1, 0.15) is 41.5 Å². The molecule has 2 aromatic rings. The first kappa shape index (κ1) is 20.0. The SMILES string of the molecule is Cc1cccc(C=NNC(=O)CCCC(=O)NN=Cc2cccc(C)c2)c1. The molecule has 6 nitrogen and oxygen atoms in total. The van der Waals surface area contributed by atoms with Crippen LogP contribution in [0.3, 0.4) is 0 Å². The van der Waals surface area contributed by atoms with E-state index < -0.39 is 0 Å². The maximum Gasteiger partial charge on any atom is 0.240 e. The number of nitrogens with one attached hydrogen (secondary N) is 2. The first-order valence-electron chi connectivity index (χ1n) is 8.80. The quantitative estimate of drug-likeness (QED) is 0.557. The van der Waals surface area contributed by atoms with Gasteiger partial charge in [-0.3, -0.25) is 9.59 Å². The summed E-state index contributed by atoms with van der Waals surface area (Å²) in [6.07, 6.45) is 4.06. The molecule has 0 atom stereocenters. The Morgan fingerprint density at radius 1 is 0.815 bits per heavy atom. The molecule has 0 aliphatic rings. The van der Waals surface area contributed by atoms with E-state index in [-0.39, 0.29) is 24.7 Å². The zero-order valence-corrected chi connectivity index (χ0v) is 15.6. The van der Waals surface area contributed by atoms with E-state index in [1.807, 2.05) is 62.4 Å². The van der Waals surface area contributed by atoms with Gasteiger partial charge in [-0.15, -0.1) is 0 Å². The molecule has 27 heavy (non-hydrogen) atoms. The number of hydrazone groups is 2. The number of hydrogen-bond acceptors (Lipinski definition) is 4. The molecule has 6 heteroatoms. The van der Waals surface area contributed by atoms with Gasteiger partial charge in [-0.2, -0.15) is 10.2 Å². The van der Waals surface area contributed by atoms with Crippen LogP contribution in [0.15, 0.2) is 58.7 Å². The Bertz CT molecular complexity index is 774. The normalized spacial score (nSPS) is 11.0. The van der Waals surface area contributed by atoms with Gasteiger partial charge in [-0.1, -0.05) is 59.7 Å². The number of nitrogens with zero attached hydrogens (tertiary/aromatic N) is 2. The summed E-state index contributed by atoms with van der Waals surface area (Å²) >= 11 is 0. The summed E-state index contributed by atoms with van der Waals surface area (Å²) in [7, 11) is 0. The van der Waals surface area contributed by atoms with Crippen LogP contribution in [0.2, 0.25) is 0 Å². The Hall–Kier alpha value is -3.28. The molecule has 2 aromatic carbocycles. The fraction of sp³-hybridized carbons (Fsp3) is 0.238. The molecule has 0 aliphatic heterocycles. The third kappa shape index (κ3) is 8.09. The lowest BCUT2D eigenvalue weighted by Crippen LogP contribution is -2.20. The smallest absolute Gasteiger partial charge is 0.240 e. The van der Waals surface area contributed by atoms with Crippen molar-refractivity contribution in [2.45, 2.75) is 33.1 Å². The standard InChI is InChI=1S/C21H24N4O2/c1-16-6-3-8-18(12-16)14-22-24-20(26)10-5-11-21(27)25-23-15-19-9-4-7-17(2)13-19/h3-4,6-9,12-15H,5,10-11H2,1-2H3,(H,24,26)(H,25,27). The van der Waals surface area contributed by atoms with Crippen LogP contribution in [0.5, 0.6) is 0 Å². The molecule has 0 spiro atoms. The Morgan fingerprint density at radius 2 is 1.26 bits per heavy atom. The Labute approximate surface area is 159 Å². The van der Waals surface area contributed by atoms with E-state index in [9.17, 15) is 9.59 Å². The van der Waals surface area contributed by atoms with E-state index in [2.05, 4.69) is 21.1 Å². The van der Waals surface area contributed by atoms with Crippen molar-refractivity contribution in [3.05, 3.63) is 70.8 Å². The highest BCUT2D eigenvalue weighted by molar-refractivity contribution is 5.84. The molecule has 2 amide bonds. The second kappa shape index (κ2) is 10.7. The lowest BCUT2D eigenvalue weighted by Gasteiger charge is -2.01. The minimum absolute atomic E-state index is 0.222. The zero-order chi connectivity index (χ0) is 19.5. The van der Waals surface area contributed by atoms with Gasteiger partial charge in [0, 0.05) is 12.8 Å². The fourth-order valence-corrected chi connectivity index (χ4v) is 2.38. The molecule has 0 saturated heterocycles. The van der Waals surface area contributed by atoms with Crippen LogP contribution in [0.25, 0.3) is 0 Å². The van der Waals surface area contributed by atoms with E-state index in [0.29, 0.717) is 6.42 Å². The minimum atomic E-state index is -0.227. The van der Waals surface area contributed by atoms with Gasteiger partial charge in [0.15, 0.2) is 0 Å². The van der Waals surface area contributed by atoms with Crippen LogP contribution < -0.4 is 10.9 Å². The van der Waals surface area contributed by atoms with Crippen molar-refractivity contribution in [2.24, 2.45) is 10.2 Å². The largest absolute Gasteiger partial charge is 0.273 e. The molecule has 0 saturated carbocycles. The molecule has 2 rings (SSSR count). The second-order valence-corrected chi connectivity index (χ2v) is 6.27. The molecular weight excluding hydrogens is 340 g/mol. The molecule has 0 aromatic heterocycles. The number of carbonyl (C=O) groups is 2. The summed E-state index contributed by atoms with van der Waals surface area (Å²) < 4.78 is 0. The van der Waals surface area contributed by atoms with Crippen molar-refractivity contribution in [1.29, 1.82) is 0 Å². The highest BCUT2D eigenvalue weighted by atomic mass is 16.2. The number of hydrogen-bond donors (Lipinski definition) is 2. The first-order valence-corrected chi connectivity index (χ1v) is 8.80. The summed E-state index contributed by atoms with van der Waals surface area (Å²) in [6, 6.07) is 15.6. The Balaban J connectivity index is 1.63. The molecule has 0 aliphatic carbocycles. The van der Waals surface area contributed by atoms with Crippen molar-refractivity contribution in [3.8, 4) is 0 Å². The van der Waals surface area contributed by atoms with Gasteiger partial charge in [0.25, 0.3) is 0 Å². The number of rotatable bonds is 8. The van der Waals surface area contributed by atoms with E-state index >= 15 is 0 Å². The predicted octanol–water partition coefficient (Wildman–Crippen LogP) is 3.07. The van der Waals surface area contributed by atoms with Crippen molar-refractivity contribution in [1.82, 2.24) is 10.9 Å². The zero-order valence-electron chi connectivity index (χ0n) is 15.6. The highest BCUT2D eigenvalue weighted by Crippen LogP contribution is 2.02. The van der Waals surface area contributed by atoms with Gasteiger partial charge < -0.3 is 0 Å². The van der Waals surface area contributed by atoms with Crippen LogP contribution >= 0.6 is 0 Å². The Kier molecular flexibility index (Phi) is 7.91. The molecule has 2 N–H and O–H groups in total. The number of benzene rings is 2. The molecule has 0 bridgehead atoms. The molecular formula is C21H24N4O2. The van der Waals surface area contributed by atoms with Gasteiger partial charge in [-0.25, -0.2) is 10.9 Å². The molecule has 0 fully saturated rings. The van der Waals surface area contributed by atoms with Crippen molar-refractivity contribution in [2.75, 3.05) is 0 Å². The maximum atomic E-state index is 11.7.